The fourth-order valence-corrected chi connectivity index (χ4v) is 3.99. The van der Waals surface area contributed by atoms with Crippen LogP contribution in [0.3, 0.4) is 0 Å². The zero-order valence-electron chi connectivity index (χ0n) is 17.0. The Balaban J connectivity index is 1.79. The molecule has 6 nitrogen and oxygen atoms in total. The van der Waals surface area contributed by atoms with E-state index in [9.17, 15) is 9.59 Å². The second kappa shape index (κ2) is 8.95. The van der Waals surface area contributed by atoms with Gasteiger partial charge >= 0.3 is 0 Å². The number of hydrogen-bond acceptors (Lipinski definition) is 4. The summed E-state index contributed by atoms with van der Waals surface area (Å²) in [4.78, 5) is 32.7. The fraction of sp³-hybridized carbons (Fsp3) is 0.292. The van der Waals surface area contributed by atoms with Crippen molar-refractivity contribution in [3.05, 3.63) is 84.1 Å². The second-order valence-electron chi connectivity index (χ2n) is 7.67. The Hall–Kier alpha value is -3.41. The molecule has 0 radical (unpaired) electrons. The highest BCUT2D eigenvalue weighted by Gasteiger charge is 2.35. The quantitative estimate of drug-likeness (QED) is 0.661. The van der Waals surface area contributed by atoms with E-state index < -0.39 is 6.04 Å². The lowest BCUT2D eigenvalue weighted by Gasteiger charge is -2.31. The molecule has 3 aromatic rings. The zero-order chi connectivity index (χ0) is 20.9. The highest BCUT2D eigenvalue weighted by atomic mass is 16.3. The maximum absolute atomic E-state index is 13.5. The van der Waals surface area contributed by atoms with E-state index in [1.165, 1.54) is 11.2 Å². The number of nitrogens with one attached hydrogen (secondary N) is 1. The van der Waals surface area contributed by atoms with Gasteiger partial charge in [-0.3, -0.25) is 19.5 Å². The Kier molecular flexibility index (Phi) is 5.93. The molecule has 1 saturated carbocycles. The molecule has 6 heteroatoms. The van der Waals surface area contributed by atoms with E-state index in [2.05, 4.69) is 10.3 Å². The molecule has 1 N–H and O–H groups in total. The SMILES string of the molecule is Cc1cccc(N(C(=O)c2ccco2)[C@H](C(=O)NC2CCCC2)c2cccnc2)c1. The number of pyridine rings is 1. The Morgan fingerprint density at radius 1 is 1.13 bits per heavy atom. The van der Waals surface area contributed by atoms with Gasteiger partial charge in [0, 0.05) is 29.7 Å². The minimum atomic E-state index is -0.862. The number of benzene rings is 1. The van der Waals surface area contributed by atoms with Crippen molar-refractivity contribution in [2.75, 3.05) is 4.90 Å². The van der Waals surface area contributed by atoms with Crippen LogP contribution in [0.1, 0.15) is 53.4 Å². The summed E-state index contributed by atoms with van der Waals surface area (Å²) in [5.41, 5.74) is 2.27. The predicted octanol–water partition coefficient (Wildman–Crippen LogP) is 4.43. The van der Waals surface area contributed by atoms with E-state index in [1.807, 2.05) is 37.3 Å². The van der Waals surface area contributed by atoms with E-state index in [4.69, 9.17) is 4.42 Å². The molecule has 1 aromatic carbocycles. The van der Waals surface area contributed by atoms with Crippen LogP contribution >= 0.6 is 0 Å². The Bertz CT molecular complexity index is 996. The normalized spacial score (nSPS) is 15.0. The van der Waals surface area contributed by atoms with Gasteiger partial charge in [-0.15, -0.1) is 0 Å². The van der Waals surface area contributed by atoms with Crippen LogP contribution in [0.15, 0.2) is 71.6 Å². The molecule has 2 amide bonds. The first-order valence-corrected chi connectivity index (χ1v) is 10.3. The second-order valence-corrected chi connectivity index (χ2v) is 7.67. The molecule has 0 saturated heterocycles. The third kappa shape index (κ3) is 4.27. The number of aryl methyl sites for hydroxylation is 1. The number of amides is 2. The first-order chi connectivity index (χ1) is 14.6. The summed E-state index contributed by atoms with van der Waals surface area (Å²) in [5.74, 6) is -0.406. The van der Waals surface area contributed by atoms with Gasteiger partial charge in [0.1, 0.15) is 6.04 Å². The van der Waals surface area contributed by atoms with Crippen molar-refractivity contribution in [1.29, 1.82) is 0 Å². The molecule has 1 atom stereocenters. The number of furan rings is 1. The van der Waals surface area contributed by atoms with Gasteiger partial charge < -0.3 is 9.73 Å². The molecule has 154 valence electrons. The lowest BCUT2D eigenvalue weighted by molar-refractivity contribution is -0.123. The van der Waals surface area contributed by atoms with Crippen molar-refractivity contribution in [2.45, 2.75) is 44.7 Å². The van der Waals surface area contributed by atoms with Gasteiger partial charge in [-0.1, -0.05) is 31.0 Å². The molecule has 1 aliphatic rings. The van der Waals surface area contributed by atoms with Crippen LogP contribution < -0.4 is 10.2 Å². The van der Waals surface area contributed by atoms with Crippen molar-refractivity contribution in [2.24, 2.45) is 0 Å². The average molecular weight is 403 g/mol. The van der Waals surface area contributed by atoms with Gasteiger partial charge in [-0.2, -0.15) is 0 Å². The van der Waals surface area contributed by atoms with Gasteiger partial charge in [0.15, 0.2) is 5.76 Å². The lowest BCUT2D eigenvalue weighted by Crippen LogP contribution is -2.46. The van der Waals surface area contributed by atoms with E-state index in [1.54, 1.807) is 30.6 Å². The largest absolute Gasteiger partial charge is 0.459 e. The van der Waals surface area contributed by atoms with Crippen molar-refractivity contribution in [3.8, 4) is 0 Å². The fourth-order valence-electron chi connectivity index (χ4n) is 3.99. The van der Waals surface area contributed by atoms with Crippen LogP contribution in [0.2, 0.25) is 0 Å². The molecule has 1 aliphatic carbocycles. The topological polar surface area (TPSA) is 75.4 Å². The Morgan fingerprint density at radius 3 is 2.63 bits per heavy atom. The molecule has 0 spiro atoms. The Morgan fingerprint density at radius 2 is 1.97 bits per heavy atom. The molecule has 0 aliphatic heterocycles. The van der Waals surface area contributed by atoms with Crippen molar-refractivity contribution in [3.63, 3.8) is 0 Å². The van der Waals surface area contributed by atoms with Gasteiger partial charge in [0.25, 0.3) is 5.91 Å². The van der Waals surface area contributed by atoms with Gasteiger partial charge in [-0.05, 0) is 55.7 Å². The smallest absolute Gasteiger partial charge is 0.294 e. The lowest BCUT2D eigenvalue weighted by atomic mass is 10.0. The van der Waals surface area contributed by atoms with Crippen LogP contribution in [0.5, 0.6) is 0 Å². The van der Waals surface area contributed by atoms with Crippen LogP contribution in [-0.2, 0) is 4.79 Å². The standard InChI is InChI=1S/C24H25N3O3/c1-17-7-4-11-20(15-17)27(24(29)21-12-6-14-30-21)22(18-8-5-13-25-16-18)23(28)26-19-9-2-3-10-19/h4-8,11-16,19,22H,2-3,9-10H2,1H3,(H,26,28)/t22-/m0/s1. The molecule has 4 rings (SSSR count). The monoisotopic (exact) mass is 403 g/mol. The Labute approximate surface area is 175 Å². The highest BCUT2D eigenvalue weighted by molar-refractivity contribution is 6.08. The third-order valence-corrected chi connectivity index (χ3v) is 5.44. The molecule has 2 aromatic heterocycles. The molecule has 1 fully saturated rings. The van der Waals surface area contributed by atoms with Gasteiger partial charge in [-0.25, -0.2) is 0 Å². The molecular weight excluding hydrogens is 378 g/mol. The number of rotatable bonds is 6. The van der Waals surface area contributed by atoms with Crippen molar-refractivity contribution >= 4 is 17.5 Å². The molecule has 0 unspecified atom stereocenters. The number of carbonyl (C=O) groups excluding carboxylic acids is 2. The summed E-state index contributed by atoms with van der Waals surface area (Å²) >= 11 is 0. The van der Waals surface area contributed by atoms with Crippen LogP contribution in [0, 0.1) is 6.92 Å². The third-order valence-electron chi connectivity index (χ3n) is 5.44. The summed E-state index contributed by atoms with van der Waals surface area (Å²) in [6.45, 7) is 1.96. The predicted molar refractivity (Wildman–Crippen MR) is 114 cm³/mol. The summed E-state index contributed by atoms with van der Waals surface area (Å²) in [6, 6.07) is 13.7. The van der Waals surface area contributed by atoms with Crippen LogP contribution in [-0.4, -0.2) is 22.8 Å². The summed E-state index contributed by atoms with van der Waals surface area (Å²) in [7, 11) is 0. The summed E-state index contributed by atoms with van der Waals surface area (Å²) < 4.78 is 5.39. The van der Waals surface area contributed by atoms with Gasteiger partial charge in [0.05, 0.1) is 6.26 Å². The average Bonchev–Trinajstić information content (AvgIpc) is 3.46. The number of anilines is 1. The molecule has 0 bridgehead atoms. The number of aromatic nitrogens is 1. The number of nitrogens with zero attached hydrogens (tertiary/aromatic N) is 2. The highest BCUT2D eigenvalue weighted by Crippen LogP contribution is 2.31. The maximum Gasteiger partial charge on any atom is 0.294 e. The number of carbonyl (C=O) groups is 2. The first kappa shape index (κ1) is 19.9. The maximum atomic E-state index is 13.5. The molecule has 2 heterocycles. The zero-order valence-corrected chi connectivity index (χ0v) is 17.0. The minimum Gasteiger partial charge on any atom is -0.459 e. The first-order valence-electron chi connectivity index (χ1n) is 10.3. The minimum absolute atomic E-state index is 0.134. The summed E-state index contributed by atoms with van der Waals surface area (Å²) in [5, 5.41) is 3.15. The van der Waals surface area contributed by atoms with Crippen LogP contribution in [0.25, 0.3) is 0 Å². The van der Waals surface area contributed by atoms with E-state index >= 15 is 0 Å². The summed E-state index contributed by atoms with van der Waals surface area (Å²) in [6.07, 6.45) is 8.88. The van der Waals surface area contributed by atoms with Crippen LogP contribution in [0.4, 0.5) is 5.69 Å². The van der Waals surface area contributed by atoms with E-state index in [0.29, 0.717) is 11.3 Å². The van der Waals surface area contributed by atoms with Crippen molar-refractivity contribution < 1.29 is 14.0 Å². The number of hydrogen-bond donors (Lipinski definition) is 1. The molecule has 30 heavy (non-hydrogen) atoms. The van der Waals surface area contributed by atoms with E-state index in [-0.39, 0.29) is 23.6 Å². The molecular formula is C24H25N3O3. The van der Waals surface area contributed by atoms with E-state index in [0.717, 1.165) is 31.2 Å². The van der Waals surface area contributed by atoms with Crippen molar-refractivity contribution in [1.82, 2.24) is 10.3 Å². The van der Waals surface area contributed by atoms with Gasteiger partial charge in [0.2, 0.25) is 5.91 Å².